The highest BCUT2D eigenvalue weighted by molar-refractivity contribution is 7.15. The van der Waals surface area contributed by atoms with Gasteiger partial charge < -0.3 is 0 Å². The Hall–Kier alpha value is -2.90. The van der Waals surface area contributed by atoms with Crippen molar-refractivity contribution in [2.24, 2.45) is 0 Å². The summed E-state index contributed by atoms with van der Waals surface area (Å²) in [6.07, 6.45) is 2.33. The van der Waals surface area contributed by atoms with Crippen molar-refractivity contribution in [2.45, 2.75) is 6.42 Å². The first-order valence-electron chi connectivity index (χ1n) is 7.34. The van der Waals surface area contributed by atoms with Crippen LogP contribution < -0.4 is 0 Å². The summed E-state index contributed by atoms with van der Waals surface area (Å²) in [5.41, 5.74) is 5.28. The van der Waals surface area contributed by atoms with Crippen molar-refractivity contribution in [1.82, 2.24) is 9.38 Å². The number of hydrogen-bond donors (Lipinski definition) is 0. The number of nitrogens with zero attached hydrogens (tertiary/aromatic N) is 3. The van der Waals surface area contributed by atoms with E-state index in [0.29, 0.717) is 6.42 Å². The Bertz CT molecular complexity index is 989. The molecule has 0 aliphatic carbocycles. The van der Waals surface area contributed by atoms with Gasteiger partial charge in [-0.05, 0) is 11.1 Å². The zero-order chi connectivity index (χ0) is 15.6. The van der Waals surface area contributed by atoms with E-state index < -0.39 is 0 Å². The molecule has 2 aromatic heterocycles. The number of rotatable bonds is 3. The maximum absolute atomic E-state index is 9.11. The number of benzene rings is 2. The predicted molar refractivity (Wildman–Crippen MR) is 93.3 cm³/mol. The molecule has 23 heavy (non-hydrogen) atoms. The van der Waals surface area contributed by atoms with Crippen LogP contribution in [0.4, 0.5) is 0 Å². The van der Waals surface area contributed by atoms with Gasteiger partial charge in [0.15, 0.2) is 4.96 Å². The van der Waals surface area contributed by atoms with E-state index >= 15 is 0 Å². The molecule has 0 saturated heterocycles. The maximum Gasteiger partial charge on any atom is 0.194 e. The first kappa shape index (κ1) is 13.7. The van der Waals surface area contributed by atoms with E-state index in [0.717, 1.165) is 21.9 Å². The SMILES string of the molecule is N#CCc1c(-c2ccc(-c3ccccc3)cc2)nc2sccn12. The molecule has 4 rings (SSSR count). The molecule has 0 aliphatic rings. The van der Waals surface area contributed by atoms with E-state index in [1.807, 2.05) is 34.2 Å². The monoisotopic (exact) mass is 315 g/mol. The van der Waals surface area contributed by atoms with Crippen LogP contribution in [0.1, 0.15) is 5.69 Å². The minimum Gasteiger partial charge on any atom is -0.293 e. The van der Waals surface area contributed by atoms with E-state index in [9.17, 15) is 0 Å². The van der Waals surface area contributed by atoms with E-state index in [1.165, 1.54) is 11.1 Å². The Morgan fingerprint density at radius 2 is 1.65 bits per heavy atom. The number of fused-ring (bicyclic) bond motifs is 1. The van der Waals surface area contributed by atoms with Crippen LogP contribution in [-0.2, 0) is 6.42 Å². The molecule has 4 heteroatoms. The van der Waals surface area contributed by atoms with Gasteiger partial charge >= 0.3 is 0 Å². The molecule has 0 bridgehead atoms. The Labute approximate surface area is 138 Å². The summed E-state index contributed by atoms with van der Waals surface area (Å²) in [7, 11) is 0. The summed E-state index contributed by atoms with van der Waals surface area (Å²) in [4.78, 5) is 5.62. The zero-order valence-corrected chi connectivity index (χ0v) is 13.1. The largest absolute Gasteiger partial charge is 0.293 e. The van der Waals surface area contributed by atoms with Gasteiger partial charge in [-0.25, -0.2) is 4.98 Å². The molecule has 0 unspecified atom stereocenters. The molecule has 0 spiro atoms. The number of nitriles is 1. The van der Waals surface area contributed by atoms with Crippen LogP contribution >= 0.6 is 11.3 Å². The third kappa shape index (κ3) is 2.41. The van der Waals surface area contributed by atoms with Gasteiger partial charge in [-0.15, -0.1) is 11.3 Å². The van der Waals surface area contributed by atoms with Gasteiger partial charge in [0, 0.05) is 17.1 Å². The van der Waals surface area contributed by atoms with E-state index in [-0.39, 0.29) is 0 Å². The molecule has 0 radical (unpaired) electrons. The molecule has 0 atom stereocenters. The van der Waals surface area contributed by atoms with Crippen molar-refractivity contribution < 1.29 is 0 Å². The summed E-state index contributed by atoms with van der Waals surface area (Å²) in [6.45, 7) is 0. The molecule has 0 aliphatic heterocycles. The van der Waals surface area contributed by atoms with E-state index in [4.69, 9.17) is 10.2 Å². The zero-order valence-electron chi connectivity index (χ0n) is 12.3. The minimum absolute atomic E-state index is 0.355. The number of hydrogen-bond acceptors (Lipinski definition) is 3. The Morgan fingerprint density at radius 3 is 2.39 bits per heavy atom. The molecular formula is C19H13N3S. The predicted octanol–water partition coefficient (Wildman–Crippen LogP) is 4.80. The molecule has 0 N–H and O–H groups in total. The first-order chi connectivity index (χ1) is 11.4. The highest BCUT2D eigenvalue weighted by Crippen LogP contribution is 2.29. The van der Waals surface area contributed by atoms with Crippen LogP contribution in [0.2, 0.25) is 0 Å². The van der Waals surface area contributed by atoms with Crippen LogP contribution in [0.15, 0.2) is 66.2 Å². The molecule has 3 nitrogen and oxygen atoms in total. The molecule has 2 aromatic carbocycles. The van der Waals surface area contributed by atoms with Gasteiger partial charge in [0.05, 0.1) is 23.9 Å². The van der Waals surface area contributed by atoms with Crippen molar-refractivity contribution >= 4 is 16.3 Å². The third-order valence-corrected chi connectivity index (χ3v) is 4.63. The lowest BCUT2D eigenvalue weighted by molar-refractivity contribution is 1.07. The first-order valence-corrected chi connectivity index (χ1v) is 8.22. The summed E-state index contributed by atoms with van der Waals surface area (Å²) in [5, 5.41) is 11.1. The highest BCUT2D eigenvalue weighted by Gasteiger charge is 2.14. The lowest BCUT2D eigenvalue weighted by Crippen LogP contribution is -1.91. The normalized spacial score (nSPS) is 10.7. The Morgan fingerprint density at radius 1 is 0.957 bits per heavy atom. The van der Waals surface area contributed by atoms with Crippen LogP contribution in [0.3, 0.4) is 0 Å². The van der Waals surface area contributed by atoms with Gasteiger partial charge in [0.2, 0.25) is 0 Å². The second kappa shape index (κ2) is 5.71. The standard InChI is InChI=1S/C19H13N3S/c20-11-10-17-18(21-19-22(17)12-13-23-19)16-8-6-15(7-9-16)14-4-2-1-3-5-14/h1-9,12-13H,10H2. The quantitative estimate of drug-likeness (QED) is 0.545. The summed E-state index contributed by atoms with van der Waals surface area (Å²) in [6, 6.07) is 20.9. The van der Waals surface area contributed by atoms with Gasteiger partial charge in [0.1, 0.15) is 0 Å². The van der Waals surface area contributed by atoms with Crippen molar-refractivity contribution in [3.8, 4) is 28.5 Å². The summed E-state index contributed by atoms with van der Waals surface area (Å²) in [5.74, 6) is 0. The average Bonchev–Trinajstić information content (AvgIpc) is 3.19. The van der Waals surface area contributed by atoms with Crippen molar-refractivity contribution in [3.63, 3.8) is 0 Å². The van der Waals surface area contributed by atoms with Crippen LogP contribution in [-0.4, -0.2) is 9.38 Å². The topological polar surface area (TPSA) is 41.1 Å². The lowest BCUT2D eigenvalue weighted by atomic mass is 10.0. The number of imidazole rings is 1. The second-order valence-electron chi connectivity index (χ2n) is 5.24. The second-order valence-corrected chi connectivity index (χ2v) is 6.11. The average molecular weight is 315 g/mol. The molecule has 2 heterocycles. The van der Waals surface area contributed by atoms with Gasteiger partial charge in [0.25, 0.3) is 0 Å². The molecular weight excluding hydrogens is 302 g/mol. The Kier molecular flexibility index (Phi) is 3.41. The molecule has 0 saturated carbocycles. The van der Waals surface area contributed by atoms with Gasteiger partial charge in [-0.2, -0.15) is 5.26 Å². The number of aromatic nitrogens is 2. The molecule has 0 amide bonds. The Balaban J connectivity index is 1.78. The van der Waals surface area contributed by atoms with E-state index in [1.54, 1.807) is 11.3 Å². The molecule has 4 aromatic rings. The van der Waals surface area contributed by atoms with Crippen molar-refractivity contribution in [3.05, 3.63) is 71.9 Å². The lowest BCUT2D eigenvalue weighted by Gasteiger charge is -2.04. The van der Waals surface area contributed by atoms with Crippen LogP contribution in [0, 0.1) is 11.3 Å². The highest BCUT2D eigenvalue weighted by atomic mass is 32.1. The summed E-state index contributed by atoms with van der Waals surface area (Å²) < 4.78 is 2.01. The fourth-order valence-corrected chi connectivity index (χ4v) is 3.49. The number of thiazole rings is 1. The van der Waals surface area contributed by atoms with Crippen LogP contribution in [0.5, 0.6) is 0 Å². The molecule has 110 valence electrons. The van der Waals surface area contributed by atoms with Crippen molar-refractivity contribution in [2.75, 3.05) is 0 Å². The maximum atomic E-state index is 9.11. The summed E-state index contributed by atoms with van der Waals surface area (Å²) >= 11 is 1.59. The third-order valence-electron chi connectivity index (χ3n) is 3.87. The van der Waals surface area contributed by atoms with E-state index in [2.05, 4.69) is 42.5 Å². The molecule has 0 fully saturated rings. The van der Waals surface area contributed by atoms with Gasteiger partial charge in [-0.1, -0.05) is 54.6 Å². The van der Waals surface area contributed by atoms with Crippen molar-refractivity contribution in [1.29, 1.82) is 5.26 Å². The smallest absolute Gasteiger partial charge is 0.194 e. The fourth-order valence-electron chi connectivity index (χ4n) is 2.76. The fraction of sp³-hybridized carbons (Fsp3) is 0.0526. The van der Waals surface area contributed by atoms with Crippen LogP contribution in [0.25, 0.3) is 27.3 Å². The minimum atomic E-state index is 0.355. The van der Waals surface area contributed by atoms with Gasteiger partial charge in [-0.3, -0.25) is 4.40 Å².